The van der Waals surface area contributed by atoms with Crippen LogP contribution in [0.25, 0.3) is 6.08 Å². The predicted molar refractivity (Wildman–Crippen MR) is 107 cm³/mol. The average molecular weight is 409 g/mol. The Kier molecular flexibility index (Phi) is 7.26. The second-order valence-corrected chi connectivity index (χ2v) is 7.96. The van der Waals surface area contributed by atoms with Crippen LogP contribution in [-0.2, 0) is 9.59 Å². The summed E-state index contributed by atoms with van der Waals surface area (Å²) in [7, 11) is 1.55. The number of thiocarbonyl (C=S) groups is 1. The molecule has 0 aliphatic carbocycles. The maximum absolute atomic E-state index is 12.8. The van der Waals surface area contributed by atoms with Crippen molar-refractivity contribution in [3.8, 4) is 11.5 Å². The summed E-state index contributed by atoms with van der Waals surface area (Å²) in [6.07, 6.45) is 2.47. The fraction of sp³-hybridized carbons (Fsp3) is 0.421. The molecule has 0 unspecified atom stereocenters. The van der Waals surface area contributed by atoms with Crippen molar-refractivity contribution in [3.63, 3.8) is 0 Å². The van der Waals surface area contributed by atoms with Crippen LogP contribution in [0, 0.1) is 5.92 Å². The van der Waals surface area contributed by atoms with Gasteiger partial charge in [0.05, 0.1) is 30.6 Å². The number of thioether (sulfide) groups is 1. The zero-order valence-electron chi connectivity index (χ0n) is 15.7. The molecule has 0 bridgehead atoms. The number of carboxylic acid groups (broad SMARTS) is 1. The molecular formula is C19H22NO5S2-. The van der Waals surface area contributed by atoms with Crippen LogP contribution in [0.15, 0.2) is 23.1 Å². The number of carboxylic acids is 1. The van der Waals surface area contributed by atoms with Crippen molar-refractivity contribution in [1.29, 1.82) is 0 Å². The fourth-order valence-electron chi connectivity index (χ4n) is 2.70. The largest absolute Gasteiger partial charge is 0.548 e. The molecular weight excluding hydrogens is 386 g/mol. The number of rotatable bonds is 8. The van der Waals surface area contributed by atoms with E-state index < -0.39 is 17.9 Å². The van der Waals surface area contributed by atoms with Gasteiger partial charge in [-0.25, -0.2) is 0 Å². The molecule has 1 heterocycles. The predicted octanol–water partition coefficient (Wildman–Crippen LogP) is 2.46. The van der Waals surface area contributed by atoms with Crippen molar-refractivity contribution in [1.82, 2.24) is 4.90 Å². The lowest BCUT2D eigenvalue weighted by Crippen LogP contribution is -2.52. The second-order valence-electron chi connectivity index (χ2n) is 6.29. The molecule has 1 aromatic rings. The molecule has 146 valence electrons. The van der Waals surface area contributed by atoms with Crippen LogP contribution in [0.4, 0.5) is 0 Å². The van der Waals surface area contributed by atoms with E-state index in [1.807, 2.05) is 6.92 Å². The van der Waals surface area contributed by atoms with Crippen LogP contribution in [0.3, 0.4) is 0 Å². The molecule has 0 saturated carbocycles. The number of nitrogens with zero attached hydrogens (tertiary/aromatic N) is 1. The minimum Gasteiger partial charge on any atom is -0.548 e. The van der Waals surface area contributed by atoms with Gasteiger partial charge in [0.15, 0.2) is 11.5 Å². The van der Waals surface area contributed by atoms with Crippen LogP contribution in [0.2, 0.25) is 0 Å². The van der Waals surface area contributed by atoms with Gasteiger partial charge in [-0.05, 0) is 24.5 Å². The normalized spacial score (nSPS) is 16.9. The van der Waals surface area contributed by atoms with Gasteiger partial charge >= 0.3 is 0 Å². The molecule has 1 saturated heterocycles. The van der Waals surface area contributed by atoms with Crippen molar-refractivity contribution in [2.75, 3.05) is 13.7 Å². The van der Waals surface area contributed by atoms with Gasteiger partial charge in [-0.3, -0.25) is 9.69 Å². The highest BCUT2D eigenvalue weighted by Crippen LogP contribution is 2.38. The molecule has 0 radical (unpaired) electrons. The van der Waals surface area contributed by atoms with E-state index in [1.54, 1.807) is 45.2 Å². The topological polar surface area (TPSA) is 78.9 Å². The van der Waals surface area contributed by atoms with Crippen molar-refractivity contribution < 1.29 is 24.2 Å². The molecule has 1 aliphatic heterocycles. The zero-order valence-corrected chi connectivity index (χ0v) is 17.3. The Labute approximate surface area is 168 Å². The number of benzene rings is 1. The Morgan fingerprint density at radius 3 is 2.67 bits per heavy atom. The van der Waals surface area contributed by atoms with E-state index in [0.29, 0.717) is 28.6 Å². The molecule has 6 nitrogen and oxygen atoms in total. The molecule has 0 N–H and O–H groups in total. The highest BCUT2D eigenvalue weighted by atomic mass is 32.2. The summed E-state index contributed by atoms with van der Waals surface area (Å²) in [5.74, 6) is -1.01. The molecule has 1 fully saturated rings. The first-order chi connectivity index (χ1) is 12.8. The number of ether oxygens (including phenoxy) is 2. The maximum atomic E-state index is 12.8. The Balaban J connectivity index is 2.42. The van der Waals surface area contributed by atoms with Gasteiger partial charge in [0, 0.05) is 5.56 Å². The van der Waals surface area contributed by atoms with Crippen LogP contribution < -0.4 is 14.6 Å². The minimum atomic E-state index is -1.32. The number of hydrogen-bond donors (Lipinski definition) is 0. The first kappa shape index (κ1) is 21.2. The lowest BCUT2D eigenvalue weighted by Gasteiger charge is -2.30. The van der Waals surface area contributed by atoms with E-state index in [2.05, 4.69) is 0 Å². The van der Waals surface area contributed by atoms with Gasteiger partial charge in [0.2, 0.25) is 0 Å². The van der Waals surface area contributed by atoms with Crippen molar-refractivity contribution in [3.05, 3.63) is 28.7 Å². The van der Waals surface area contributed by atoms with Gasteiger partial charge in [0.1, 0.15) is 4.32 Å². The summed E-state index contributed by atoms with van der Waals surface area (Å²) in [5, 5.41) is 11.5. The molecule has 8 heteroatoms. The zero-order chi connectivity index (χ0) is 20.1. The summed E-state index contributed by atoms with van der Waals surface area (Å²) in [6, 6.07) is 4.27. The Bertz CT molecular complexity index is 775. The summed E-state index contributed by atoms with van der Waals surface area (Å²) in [6.45, 7) is 5.91. The lowest BCUT2D eigenvalue weighted by atomic mass is 10.0. The standard InChI is InChI=1S/C19H23NO5S2/c1-5-9-25-16-12(7-6-8-13(16)24-4)10-14-17(21)20(19(26)27-14)15(11(2)3)18(22)23/h6-8,10-11,15H,5,9H2,1-4H3,(H,22,23)/p-1/b14-10-/t15-/m0/s1. The van der Waals surface area contributed by atoms with Crippen LogP contribution in [0.5, 0.6) is 11.5 Å². The number of methoxy groups -OCH3 is 1. The van der Waals surface area contributed by atoms with Crippen LogP contribution in [0.1, 0.15) is 32.8 Å². The molecule has 0 aromatic heterocycles. The maximum Gasteiger partial charge on any atom is 0.266 e. The highest BCUT2D eigenvalue weighted by molar-refractivity contribution is 8.26. The molecule has 1 atom stereocenters. The first-order valence-corrected chi connectivity index (χ1v) is 9.82. The number of carbonyl (C=O) groups excluding carboxylic acids is 2. The van der Waals surface area contributed by atoms with E-state index in [9.17, 15) is 14.7 Å². The lowest BCUT2D eigenvalue weighted by molar-refractivity contribution is -0.311. The van der Waals surface area contributed by atoms with Gasteiger partial charge in [-0.1, -0.05) is 56.9 Å². The minimum absolute atomic E-state index is 0.202. The average Bonchev–Trinajstić information content (AvgIpc) is 2.87. The quantitative estimate of drug-likeness (QED) is 0.483. The monoisotopic (exact) mass is 408 g/mol. The van der Waals surface area contributed by atoms with Crippen LogP contribution in [-0.4, -0.2) is 40.9 Å². The van der Waals surface area contributed by atoms with Gasteiger partial charge in [0.25, 0.3) is 5.91 Å². The number of hydrogen-bond acceptors (Lipinski definition) is 7. The summed E-state index contributed by atoms with van der Waals surface area (Å²) in [5.41, 5.74) is 0.665. The second kappa shape index (κ2) is 9.23. The van der Waals surface area contributed by atoms with Gasteiger partial charge < -0.3 is 19.4 Å². The van der Waals surface area contributed by atoms with E-state index in [0.717, 1.165) is 23.1 Å². The molecule has 1 amide bonds. The molecule has 0 spiro atoms. The third-order valence-corrected chi connectivity index (χ3v) is 5.27. The van der Waals surface area contributed by atoms with E-state index in [1.165, 1.54) is 0 Å². The number of aliphatic carboxylic acids is 1. The Morgan fingerprint density at radius 2 is 2.11 bits per heavy atom. The van der Waals surface area contributed by atoms with Crippen molar-refractivity contribution in [2.45, 2.75) is 33.2 Å². The molecule has 1 aliphatic rings. The Morgan fingerprint density at radius 1 is 1.41 bits per heavy atom. The Hall–Kier alpha value is -2.06. The van der Waals surface area contributed by atoms with Crippen molar-refractivity contribution >= 4 is 46.3 Å². The molecule has 27 heavy (non-hydrogen) atoms. The van der Waals surface area contributed by atoms with Gasteiger partial charge in [-0.15, -0.1) is 0 Å². The summed E-state index contributed by atoms with van der Waals surface area (Å²) in [4.78, 5) is 25.8. The van der Waals surface area contributed by atoms with Gasteiger partial charge in [-0.2, -0.15) is 0 Å². The number of amides is 1. The highest BCUT2D eigenvalue weighted by Gasteiger charge is 2.39. The first-order valence-electron chi connectivity index (χ1n) is 8.59. The smallest absolute Gasteiger partial charge is 0.266 e. The van der Waals surface area contributed by atoms with Crippen molar-refractivity contribution in [2.24, 2.45) is 5.92 Å². The SMILES string of the molecule is CCCOc1c(/C=C2\SC(=S)N([C@H](C(=O)[O-])C(C)C)C2=O)cccc1OC. The number of carbonyl (C=O) groups is 2. The number of para-hydroxylation sites is 1. The summed E-state index contributed by atoms with van der Waals surface area (Å²) < 4.78 is 11.3. The molecule has 1 aromatic carbocycles. The van der Waals surface area contributed by atoms with Crippen LogP contribution >= 0.6 is 24.0 Å². The van der Waals surface area contributed by atoms with E-state index in [-0.39, 0.29) is 10.2 Å². The summed E-state index contributed by atoms with van der Waals surface area (Å²) >= 11 is 6.32. The van der Waals surface area contributed by atoms with E-state index in [4.69, 9.17) is 21.7 Å². The third-order valence-electron chi connectivity index (χ3n) is 3.94. The van der Waals surface area contributed by atoms with E-state index >= 15 is 0 Å². The third kappa shape index (κ3) is 4.62. The fourth-order valence-corrected chi connectivity index (χ4v) is 4.02. The molecule has 2 rings (SSSR count).